The van der Waals surface area contributed by atoms with Gasteiger partial charge in [-0.05, 0) is 29.8 Å². The van der Waals surface area contributed by atoms with Crippen LogP contribution >= 0.6 is 15.9 Å². The molecule has 0 aromatic carbocycles. The average Bonchev–Trinajstić information content (AvgIpc) is 2.42. The van der Waals surface area contributed by atoms with Crippen molar-refractivity contribution in [2.45, 2.75) is 32.9 Å². The van der Waals surface area contributed by atoms with Gasteiger partial charge in [-0.15, -0.1) is 0 Å². The number of halogens is 1. The van der Waals surface area contributed by atoms with Crippen LogP contribution in [0.2, 0.25) is 0 Å². The molecule has 98 valence electrons. The maximum Gasteiger partial charge on any atom is 0.150 e. The van der Waals surface area contributed by atoms with E-state index in [9.17, 15) is 13.5 Å². The van der Waals surface area contributed by atoms with Crippen molar-refractivity contribution in [3.63, 3.8) is 0 Å². The summed E-state index contributed by atoms with van der Waals surface area (Å²) in [7, 11) is -3.16. The zero-order valence-electron chi connectivity index (χ0n) is 10.1. The highest BCUT2D eigenvalue weighted by atomic mass is 79.9. The molecular formula is C10H17BrN2O3S. The van der Waals surface area contributed by atoms with Gasteiger partial charge in [-0.3, -0.25) is 4.68 Å². The van der Waals surface area contributed by atoms with Gasteiger partial charge in [-0.1, -0.05) is 0 Å². The van der Waals surface area contributed by atoms with E-state index >= 15 is 0 Å². The van der Waals surface area contributed by atoms with Gasteiger partial charge in [-0.2, -0.15) is 5.10 Å². The van der Waals surface area contributed by atoms with Gasteiger partial charge < -0.3 is 5.11 Å². The molecule has 1 atom stereocenters. The Labute approximate surface area is 110 Å². The summed E-state index contributed by atoms with van der Waals surface area (Å²) in [6.45, 7) is 4.50. The topological polar surface area (TPSA) is 72.2 Å². The van der Waals surface area contributed by atoms with E-state index in [2.05, 4.69) is 21.0 Å². The molecule has 7 heteroatoms. The molecule has 1 unspecified atom stereocenters. The summed E-state index contributed by atoms with van der Waals surface area (Å²) >= 11 is 3.41. The van der Waals surface area contributed by atoms with Crippen LogP contribution in [0.5, 0.6) is 0 Å². The Hall–Kier alpha value is -0.400. The molecule has 0 aliphatic carbocycles. The minimum absolute atomic E-state index is 0.229. The molecule has 5 nitrogen and oxygen atoms in total. The van der Waals surface area contributed by atoms with E-state index < -0.39 is 15.9 Å². The fraction of sp³-hybridized carbons (Fsp3) is 0.700. The Kier molecular flexibility index (Phi) is 4.74. The zero-order chi connectivity index (χ0) is 13.2. The molecule has 0 radical (unpaired) electrons. The van der Waals surface area contributed by atoms with Gasteiger partial charge >= 0.3 is 0 Å². The average molecular weight is 325 g/mol. The Morgan fingerprint density at radius 1 is 1.53 bits per heavy atom. The summed E-state index contributed by atoms with van der Waals surface area (Å²) in [5.74, 6) is -0.229. The van der Waals surface area contributed by atoms with Crippen molar-refractivity contribution in [1.29, 1.82) is 0 Å². The lowest BCUT2D eigenvalue weighted by Gasteiger charge is -2.11. The number of aryl methyl sites for hydroxylation is 2. The van der Waals surface area contributed by atoms with E-state index in [1.54, 1.807) is 4.68 Å². The second kappa shape index (κ2) is 5.49. The van der Waals surface area contributed by atoms with Gasteiger partial charge in [-0.25, -0.2) is 8.42 Å². The van der Waals surface area contributed by atoms with E-state index in [1.807, 2.05) is 13.8 Å². The van der Waals surface area contributed by atoms with Crippen LogP contribution < -0.4 is 0 Å². The van der Waals surface area contributed by atoms with Gasteiger partial charge in [0.1, 0.15) is 9.84 Å². The summed E-state index contributed by atoms with van der Waals surface area (Å²) in [6.07, 6.45) is 0.498. The third kappa shape index (κ3) is 4.08. The highest BCUT2D eigenvalue weighted by Gasteiger charge is 2.19. The first-order valence-corrected chi connectivity index (χ1v) is 8.17. The van der Waals surface area contributed by atoms with E-state index in [0.29, 0.717) is 6.54 Å². The highest BCUT2D eigenvalue weighted by Crippen LogP contribution is 2.22. The highest BCUT2D eigenvalue weighted by molar-refractivity contribution is 9.10. The standard InChI is InChI=1S/C10H17BrN2O3S/c1-4-13-9(10(11)7(2)12-13)5-8(14)6-17(3,15)16/h8,14H,4-6H2,1-3H3. The Morgan fingerprint density at radius 3 is 2.59 bits per heavy atom. The van der Waals surface area contributed by atoms with Crippen LogP contribution in [0, 0.1) is 6.92 Å². The first-order chi connectivity index (χ1) is 7.74. The maximum absolute atomic E-state index is 11.1. The Morgan fingerprint density at radius 2 is 2.12 bits per heavy atom. The number of hydrogen-bond acceptors (Lipinski definition) is 4. The van der Waals surface area contributed by atoms with Gasteiger partial charge in [0.15, 0.2) is 0 Å². The number of sulfone groups is 1. The molecule has 17 heavy (non-hydrogen) atoms. The quantitative estimate of drug-likeness (QED) is 0.874. The summed E-state index contributed by atoms with van der Waals surface area (Å²) in [5, 5.41) is 14.0. The van der Waals surface area contributed by atoms with Gasteiger partial charge in [0.2, 0.25) is 0 Å². The molecule has 0 aliphatic heterocycles. The molecule has 0 spiro atoms. The predicted octanol–water partition coefficient (Wildman–Crippen LogP) is 0.922. The molecule has 0 bridgehead atoms. The Balaban J connectivity index is 2.88. The van der Waals surface area contributed by atoms with Crippen LogP contribution in [-0.2, 0) is 22.8 Å². The van der Waals surface area contributed by atoms with Crippen molar-refractivity contribution in [3.05, 3.63) is 15.9 Å². The number of nitrogens with zero attached hydrogens (tertiary/aromatic N) is 2. The molecule has 0 aliphatic rings. The monoisotopic (exact) mass is 324 g/mol. The number of hydrogen-bond donors (Lipinski definition) is 1. The van der Waals surface area contributed by atoms with E-state index in [4.69, 9.17) is 0 Å². The van der Waals surface area contributed by atoms with Crippen molar-refractivity contribution in [2.24, 2.45) is 0 Å². The smallest absolute Gasteiger partial charge is 0.150 e. The predicted molar refractivity (Wildman–Crippen MR) is 69.8 cm³/mol. The number of rotatable bonds is 5. The first kappa shape index (κ1) is 14.7. The molecule has 1 heterocycles. The van der Waals surface area contributed by atoms with E-state index in [1.165, 1.54) is 0 Å². The molecule has 1 aromatic rings. The normalized spacial score (nSPS) is 13.9. The fourth-order valence-corrected chi connectivity index (χ4v) is 2.96. The lowest BCUT2D eigenvalue weighted by molar-refractivity contribution is 0.194. The van der Waals surface area contributed by atoms with Crippen LogP contribution in [0.25, 0.3) is 0 Å². The minimum atomic E-state index is -3.16. The minimum Gasteiger partial charge on any atom is -0.392 e. The van der Waals surface area contributed by atoms with Crippen LogP contribution in [-0.4, -0.2) is 41.4 Å². The lowest BCUT2D eigenvalue weighted by Crippen LogP contribution is -2.23. The molecule has 1 rings (SSSR count). The SMILES string of the molecule is CCn1nc(C)c(Br)c1CC(O)CS(C)(=O)=O. The number of aromatic nitrogens is 2. The second-order valence-electron chi connectivity index (χ2n) is 4.11. The van der Waals surface area contributed by atoms with Crippen molar-refractivity contribution in [3.8, 4) is 0 Å². The fourth-order valence-electron chi connectivity index (χ4n) is 1.70. The maximum atomic E-state index is 11.1. The largest absolute Gasteiger partial charge is 0.392 e. The summed E-state index contributed by atoms with van der Waals surface area (Å²) in [4.78, 5) is 0. The van der Waals surface area contributed by atoms with Crippen molar-refractivity contribution in [2.75, 3.05) is 12.0 Å². The Bertz CT molecular complexity index is 496. The van der Waals surface area contributed by atoms with Crippen molar-refractivity contribution < 1.29 is 13.5 Å². The molecule has 1 N–H and O–H groups in total. The molecular weight excluding hydrogens is 308 g/mol. The third-order valence-electron chi connectivity index (χ3n) is 2.38. The van der Waals surface area contributed by atoms with Crippen molar-refractivity contribution in [1.82, 2.24) is 9.78 Å². The third-order valence-corrected chi connectivity index (χ3v) is 4.40. The number of aliphatic hydroxyl groups excluding tert-OH is 1. The van der Waals surface area contributed by atoms with Gasteiger partial charge in [0, 0.05) is 19.2 Å². The summed E-state index contributed by atoms with van der Waals surface area (Å²) in [5.41, 5.74) is 1.68. The summed E-state index contributed by atoms with van der Waals surface area (Å²) in [6, 6.07) is 0. The van der Waals surface area contributed by atoms with Gasteiger partial charge in [0.05, 0.1) is 27.7 Å². The van der Waals surface area contributed by atoms with E-state index in [0.717, 1.165) is 22.1 Å². The lowest BCUT2D eigenvalue weighted by atomic mass is 10.2. The number of aliphatic hydroxyl groups is 1. The van der Waals surface area contributed by atoms with E-state index in [-0.39, 0.29) is 12.2 Å². The molecule has 0 saturated heterocycles. The molecule has 0 amide bonds. The molecule has 1 aromatic heterocycles. The summed E-state index contributed by atoms with van der Waals surface area (Å²) < 4.78 is 24.8. The van der Waals surface area contributed by atoms with Crippen LogP contribution in [0.4, 0.5) is 0 Å². The van der Waals surface area contributed by atoms with Crippen LogP contribution in [0.1, 0.15) is 18.3 Å². The van der Waals surface area contributed by atoms with Gasteiger partial charge in [0.25, 0.3) is 0 Å². The van der Waals surface area contributed by atoms with Crippen LogP contribution in [0.3, 0.4) is 0 Å². The first-order valence-electron chi connectivity index (χ1n) is 5.32. The van der Waals surface area contributed by atoms with Crippen LogP contribution in [0.15, 0.2) is 4.47 Å². The second-order valence-corrected chi connectivity index (χ2v) is 7.09. The zero-order valence-corrected chi connectivity index (χ0v) is 12.5. The van der Waals surface area contributed by atoms with Crippen molar-refractivity contribution >= 4 is 25.8 Å². The molecule has 0 fully saturated rings. The molecule has 0 saturated carbocycles.